The van der Waals surface area contributed by atoms with Crippen molar-refractivity contribution in [3.63, 3.8) is 0 Å². The first-order valence-corrected chi connectivity index (χ1v) is 23.1. The predicted octanol–water partition coefficient (Wildman–Crippen LogP) is 10.5. The Morgan fingerprint density at radius 2 is 1.50 bits per heavy atom. The van der Waals surface area contributed by atoms with Crippen molar-refractivity contribution in [2.24, 2.45) is 46.3 Å². The van der Waals surface area contributed by atoms with Crippen LogP contribution in [0.1, 0.15) is 189 Å². The third kappa shape index (κ3) is 10.7. The average Bonchev–Trinajstić information content (AvgIpc) is 3.50. The Labute approximate surface area is 330 Å². The number of aliphatic hydroxyl groups excluding tert-OH is 3. The first-order chi connectivity index (χ1) is 25.9. The first-order valence-electron chi connectivity index (χ1n) is 23.1. The van der Waals surface area contributed by atoms with Gasteiger partial charge in [0.05, 0.1) is 6.10 Å². The smallest absolute Gasteiger partial charge is 0.305 e. The molecule has 3 N–H and O–H groups in total. The van der Waals surface area contributed by atoms with Crippen LogP contribution in [0.5, 0.6) is 0 Å². The molecule has 7 nitrogen and oxygen atoms in total. The van der Waals surface area contributed by atoms with Crippen molar-refractivity contribution in [2.45, 2.75) is 226 Å². The van der Waals surface area contributed by atoms with E-state index in [0.717, 1.165) is 74.5 Å². The van der Waals surface area contributed by atoms with Crippen molar-refractivity contribution in [1.29, 1.82) is 0 Å². The number of hydrogen-bond acceptors (Lipinski definition) is 7. The van der Waals surface area contributed by atoms with Crippen LogP contribution in [0, 0.1) is 46.3 Å². The highest BCUT2D eigenvalue weighted by molar-refractivity contribution is 5.69. The Kier molecular flexibility index (Phi) is 16.8. The normalized spacial score (nSPS) is 38.4. The van der Waals surface area contributed by atoms with Crippen molar-refractivity contribution < 1.29 is 34.3 Å². The molecule has 13 unspecified atom stereocenters. The summed E-state index contributed by atoms with van der Waals surface area (Å²) in [6, 6.07) is 0. The van der Waals surface area contributed by atoms with E-state index in [-0.39, 0.29) is 24.1 Å². The van der Waals surface area contributed by atoms with Gasteiger partial charge in [0.15, 0.2) is 6.29 Å². The summed E-state index contributed by atoms with van der Waals surface area (Å²) >= 11 is 0. The van der Waals surface area contributed by atoms with Crippen molar-refractivity contribution in [2.75, 3.05) is 6.61 Å². The molecule has 3 saturated carbocycles. The number of rotatable bonds is 21. The van der Waals surface area contributed by atoms with Crippen LogP contribution in [-0.2, 0) is 19.0 Å². The molecular weight excluding hydrogens is 677 g/mol. The van der Waals surface area contributed by atoms with E-state index >= 15 is 0 Å². The molecule has 0 spiro atoms. The number of esters is 1. The molecule has 0 radical (unpaired) electrons. The highest BCUT2D eigenvalue weighted by Gasteiger charge is 2.59. The van der Waals surface area contributed by atoms with Gasteiger partial charge in [-0.2, -0.15) is 0 Å². The summed E-state index contributed by atoms with van der Waals surface area (Å²) in [6.07, 6.45) is 23.4. The number of carbonyl (C=O) groups excluding carboxylic acids is 1. The minimum absolute atomic E-state index is 0.136. The number of fused-ring (bicyclic) bond motifs is 5. The third-order valence-corrected chi connectivity index (χ3v) is 15.6. The fourth-order valence-corrected chi connectivity index (χ4v) is 12.3. The van der Waals surface area contributed by atoms with Gasteiger partial charge >= 0.3 is 5.97 Å². The SMILES string of the molecule is CCCCCCCCCCCCCC(=O)OCC1OC(OC2CCC3(C)C(=CCC4C3CCC3(C)C(C(C)CCCC(C)C)CCC43)C2)C(O)C(O)C1O. The Bertz CT molecular complexity index is 1170. The molecule has 13 atom stereocenters. The van der Waals surface area contributed by atoms with Crippen LogP contribution in [0.2, 0.25) is 0 Å². The lowest BCUT2D eigenvalue weighted by Gasteiger charge is -2.58. The molecule has 1 heterocycles. The summed E-state index contributed by atoms with van der Waals surface area (Å²) in [7, 11) is 0. The fourth-order valence-electron chi connectivity index (χ4n) is 12.3. The average molecular weight is 759 g/mol. The second kappa shape index (κ2) is 20.6. The summed E-state index contributed by atoms with van der Waals surface area (Å²) < 4.78 is 18.0. The Hall–Kier alpha value is -0.990. The summed E-state index contributed by atoms with van der Waals surface area (Å²) in [6.45, 7) is 14.5. The molecule has 0 bridgehead atoms. The number of hydrogen-bond donors (Lipinski definition) is 3. The van der Waals surface area contributed by atoms with Gasteiger partial charge in [0.2, 0.25) is 0 Å². The van der Waals surface area contributed by atoms with E-state index < -0.39 is 30.7 Å². The van der Waals surface area contributed by atoms with Gasteiger partial charge in [-0.15, -0.1) is 0 Å². The van der Waals surface area contributed by atoms with Crippen LogP contribution < -0.4 is 0 Å². The molecule has 312 valence electrons. The molecule has 54 heavy (non-hydrogen) atoms. The Morgan fingerprint density at radius 1 is 0.815 bits per heavy atom. The van der Waals surface area contributed by atoms with Gasteiger partial charge in [-0.05, 0) is 104 Å². The van der Waals surface area contributed by atoms with Crippen molar-refractivity contribution in [3.8, 4) is 0 Å². The van der Waals surface area contributed by atoms with E-state index in [0.29, 0.717) is 17.8 Å². The van der Waals surface area contributed by atoms with Gasteiger partial charge in [-0.1, -0.05) is 137 Å². The topological polar surface area (TPSA) is 105 Å². The van der Waals surface area contributed by atoms with Crippen LogP contribution in [-0.4, -0.2) is 64.7 Å². The summed E-state index contributed by atoms with van der Waals surface area (Å²) in [5, 5.41) is 32.4. The number of carbonyl (C=O) groups is 1. The Morgan fingerprint density at radius 3 is 2.19 bits per heavy atom. The number of ether oxygens (including phenoxy) is 3. The third-order valence-electron chi connectivity index (χ3n) is 15.6. The highest BCUT2D eigenvalue weighted by Crippen LogP contribution is 2.67. The fraction of sp³-hybridized carbons (Fsp3) is 0.936. The Balaban J connectivity index is 1.06. The predicted molar refractivity (Wildman–Crippen MR) is 217 cm³/mol. The highest BCUT2D eigenvalue weighted by atomic mass is 16.7. The molecule has 7 heteroatoms. The molecule has 1 saturated heterocycles. The molecule has 0 aromatic rings. The molecule has 0 aromatic heterocycles. The van der Waals surface area contributed by atoms with E-state index in [1.807, 2.05) is 0 Å². The van der Waals surface area contributed by atoms with E-state index in [9.17, 15) is 20.1 Å². The molecule has 4 aliphatic carbocycles. The van der Waals surface area contributed by atoms with Gasteiger partial charge in [-0.25, -0.2) is 0 Å². The number of aliphatic hydroxyl groups is 3. The summed E-state index contributed by atoms with van der Waals surface area (Å²) in [5.74, 6) is 4.45. The molecular formula is C47H82O7. The minimum atomic E-state index is -1.44. The zero-order valence-electron chi connectivity index (χ0n) is 35.5. The number of allylic oxidation sites excluding steroid dienone is 1. The molecule has 0 amide bonds. The summed E-state index contributed by atoms with van der Waals surface area (Å²) in [4.78, 5) is 12.5. The van der Waals surface area contributed by atoms with Gasteiger partial charge in [-0.3, -0.25) is 4.79 Å². The zero-order chi connectivity index (χ0) is 38.9. The first kappa shape index (κ1) is 44.1. The zero-order valence-corrected chi connectivity index (χ0v) is 35.5. The van der Waals surface area contributed by atoms with E-state index in [1.165, 1.54) is 102 Å². The lowest BCUT2D eigenvalue weighted by Crippen LogP contribution is -2.60. The van der Waals surface area contributed by atoms with E-state index in [2.05, 4.69) is 47.6 Å². The van der Waals surface area contributed by atoms with Gasteiger partial charge in [0.1, 0.15) is 31.0 Å². The van der Waals surface area contributed by atoms with E-state index in [1.54, 1.807) is 0 Å². The standard InChI is InChI=1S/C47H82O7/c1-7-8-9-10-11-12-13-14-15-16-17-21-41(48)52-31-40-42(49)43(50)44(51)45(54-40)53-35-26-28-46(5)34(30-35)22-23-36-38-25-24-37(33(4)20-18-19-32(2)3)47(38,6)29-27-39(36)46/h22,32-33,35-40,42-45,49-51H,7-21,23-31H2,1-6H3. The lowest BCUT2D eigenvalue weighted by molar-refractivity contribution is -0.313. The largest absolute Gasteiger partial charge is 0.463 e. The molecule has 0 aromatic carbocycles. The quantitative estimate of drug-likeness (QED) is 0.0608. The van der Waals surface area contributed by atoms with Crippen molar-refractivity contribution in [1.82, 2.24) is 0 Å². The maximum Gasteiger partial charge on any atom is 0.305 e. The van der Waals surface area contributed by atoms with Crippen LogP contribution in [0.15, 0.2) is 11.6 Å². The summed E-state index contributed by atoms with van der Waals surface area (Å²) in [5.41, 5.74) is 2.15. The maximum atomic E-state index is 12.5. The van der Waals surface area contributed by atoms with Gasteiger partial charge in [0.25, 0.3) is 0 Å². The maximum absolute atomic E-state index is 12.5. The molecule has 5 aliphatic rings. The number of unbranched alkanes of at least 4 members (excludes halogenated alkanes) is 10. The second-order valence-electron chi connectivity index (χ2n) is 19.8. The van der Waals surface area contributed by atoms with Crippen LogP contribution in [0.4, 0.5) is 0 Å². The van der Waals surface area contributed by atoms with E-state index in [4.69, 9.17) is 14.2 Å². The van der Waals surface area contributed by atoms with Gasteiger partial charge in [0, 0.05) is 6.42 Å². The monoisotopic (exact) mass is 759 g/mol. The second-order valence-corrected chi connectivity index (χ2v) is 19.8. The van der Waals surface area contributed by atoms with Crippen molar-refractivity contribution in [3.05, 3.63) is 11.6 Å². The minimum Gasteiger partial charge on any atom is -0.463 e. The van der Waals surface area contributed by atoms with Gasteiger partial charge < -0.3 is 29.5 Å². The van der Waals surface area contributed by atoms with Crippen LogP contribution >= 0.6 is 0 Å². The lowest BCUT2D eigenvalue weighted by atomic mass is 9.47. The van der Waals surface area contributed by atoms with Crippen molar-refractivity contribution >= 4 is 5.97 Å². The molecule has 1 aliphatic heterocycles. The van der Waals surface area contributed by atoms with Crippen LogP contribution in [0.25, 0.3) is 0 Å². The molecule has 4 fully saturated rings. The van der Waals surface area contributed by atoms with Crippen LogP contribution in [0.3, 0.4) is 0 Å². The molecule has 5 rings (SSSR count).